The van der Waals surface area contributed by atoms with E-state index in [4.69, 9.17) is 10.5 Å². The van der Waals surface area contributed by atoms with Crippen molar-refractivity contribution in [3.05, 3.63) is 84.1 Å². The summed E-state index contributed by atoms with van der Waals surface area (Å²) in [5.41, 5.74) is 12.2. The van der Waals surface area contributed by atoms with Gasteiger partial charge < -0.3 is 15.5 Å². The van der Waals surface area contributed by atoms with Crippen molar-refractivity contribution in [1.82, 2.24) is 20.2 Å². The second-order valence-corrected chi connectivity index (χ2v) is 8.20. The summed E-state index contributed by atoms with van der Waals surface area (Å²) in [6.45, 7) is 1.92. The Morgan fingerprint density at radius 2 is 1.88 bits per heavy atom. The molecule has 1 amide bonds. The van der Waals surface area contributed by atoms with Gasteiger partial charge >= 0.3 is 0 Å². The SMILES string of the molecule is CN(C)CCNC(=O)c1ccc(-c2ccc(N=N)c(NCc3ccc4ncccc4c3)n2)cc1. The molecule has 0 aliphatic heterocycles. The van der Waals surface area contributed by atoms with Crippen LogP contribution in [-0.4, -0.2) is 48.0 Å². The van der Waals surface area contributed by atoms with Crippen LogP contribution in [0.4, 0.5) is 11.5 Å². The zero-order valence-electron chi connectivity index (χ0n) is 19.2. The Balaban J connectivity index is 1.48. The number of carbonyl (C=O) groups excluding carboxylic acids is 1. The standard InChI is InChI=1S/C26H27N7O/c1-33(2)15-14-29-26(34)20-8-6-19(7-9-20)23-11-12-24(32-27)25(31-23)30-17-18-5-10-22-21(16-18)4-3-13-28-22/h3-13,16,27H,14-15,17H2,1-2H3,(H,29,34)(H,30,31). The van der Waals surface area contributed by atoms with E-state index < -0.39 is 0 Å². The van der Waals surface area contributed by atoms with Crippen molar-refractivity contribution < 1.29 is 4.79 Å². The minimum Gasteiger partial charge on any atom is -0.364 e. The summed E-state index contributed by atoms with van der Waals surface area (Å²) in [4.78, 5) is 23.4. The summed E-state index contributed by atoms with van der Waals surface area (Å²) >= 11 is 0. The van der Waals surface area contributed by atoms with Gasteiger partial charge in [-0.2, -0.15) is 5.11 Å². The van der Waals surface area contributed by atoms with Crippen LogP contribution in [0.1, 0.15) is 15.9 Å². The molecule has 0 fully saturated rings. The predicted octanol–water partition coefficient (Wildman–Crippen LogP) is 4.86. The fourth-order valence-corrected chi connectivity index (χ4v) is 3.54. The number of nitrogens with one attached hydrogen (secondary N) is 3. The van der Waals surface area contributed by atoms with Gasteiger partial charge in [0.1, 0.15) is 5.69 Å². The van der Waals surface area contributed by atoms with Crippen molar-refractivity contribution >= 4 is 28.3 Å². The highest BCUT2D eigenvalue weighted by molar-refractivity contribution is 5.94. The zero-order valence-corrected chi connectivity index (χ0v) is 19.2. The van der Waals surface area contributed by atoms with Gasteiger partial charge in [-0.3, -0.25) is 9.78 Å². The van der Waals surface area contributed by atoms with Crippen LogP contribution < -0.4 is 10.6 Å². The molecule has 4 aromatic rings. The van der Waals surface area contributed by atoms with Crippen LogP contribution in [0.2, 0.25) is 0 Å². The van der Waals surface area contributed by atoms with Gasteiger partial charge in [0.05, 0.1) is 11.2 Å². The number of hydrogen-bond donors (Lipinski definition) is 3. The predicted molar refractivity (Wildman–Crippen MR) is 134 cm³/mol. The maximum atomic E-state index is 12.3. The van der Waals surface area contributed by atoms with Crippen molar-refractivity contribution in [2.24, 2.45) is 5.11 Å². The Morgan fingerprint density at radius 1 is 1.06 bits per heavy atom. The monoisotopic (exact) mass is 453 g/mol. The highest BCUT2D eigenvalue weighted by Gasteiger charge is 2.10. The molecule has 0 aliphatic carbocycles. The number of fused-ring (bicyclic) bond motifs is 1. The molecule has 2 aromatic heterocycles. The van der Waals surface area contributed by atoms with Crippen LogP contribution in [0.3, 0.4) is 0 Å². The lowest BCUT2D eigenvalue weighted by Crippen LogP contribution is -2.31. The first-order valence-corrected chi connectivity index (χ1v) is 11.0. The number of anilines is 1. The third-order valence-electron chi connectivity index (χ3n) is 5.41. The van der Waals surface area contributed by atoms with Crippen molar-refractivity contribution in [2.45, 2.75) is 6.54 Å². The third-order valence-corrected chi connectivity index (χ3v) is 5.41. The van der Waals surface area contributed by atoms with Crippen molar-refractivity contribution in [2.75, 3.05) is 32.5 Å². The summed E-state index contributed by atoms with van der Waals surface area (Å²) in [5.74, 6) is 0.432. The molecule has 0 spiro atoms. The van der Waals surface area contributed by atoms with Gasteiger partial charge in [-0.15, -0.1) is 0 Å². The maximum Gasteiger partial charge on any atom is 0.251 e. The van der Waals surface area contributed by atoms with E-state index >= 15 is 0 Å². The van der Waals surface area contributed by atoms with E-state index in [1.807, 2.05) is 61.5 Å². The number of rotatable bonds is 9. The van der Waals surface area contributed by atoms with Crippen molar-refractivity contribution in [3.63, 3.8) is 0 Å². The number of aromatic nitrogens is 2. The fraction of sp³-hybridized carbons (Fsp3) is 0.192. The Kier molecular flexibility index (Phi) is 7.19. The van der Waals surface area contributed by atoms with E-state index in [-0.39, 0.29) is 5.91 Å². The summed E-state index contributed by atoms with van der Waals surface area (Å²) in [7, 11) is 3.94. The van der Waals surface area contributed by atoms with Crippen LogP contribution >= 0.6 is 0 Å². The first-order valence-electron chi connectivity index (χ1n) is 11.0. The summed E-state index contributed by atoms with van der Waals surface area (Å²) < 4.78 is 0. The number of amides is 1. The molecule has 0 unspecified atom stereocenters. The number of likely N-dealkylation sites (N-methyl/N-ethyl adjacent to an activating group) is 1. The Bertz CT molecular complexity index is 1300. The van der Waals surface area contributed by atoms with E-state index in [0.29, 0.717) is 30.2 Å². The number of carbonyl (C=O) groups is 1. The third kappa shape index (κ3) is 5.60. The van der Waals surface area contributed by atoms with Gasteiger partial charge in [0, 0.05) is 42.3 Å². The molecule has 2 heterocycles. The van der Waals surface area contributed by atoms with E-state index in [1.165, 1.54) is 0 Å². The molecule has 8 heteroatoms. The summed E-state index contributed by atoms with van der Waals surface area (Å²) in [5, 5.41) is 10.9. The van der Waals surface area contributed by atoms with Gasteiger partial charge in [-0.05, 0) is 62.1 Å². The highest BCUT2D eigenvalue weighted by atomic mass is 16.1. The van der Waals surface area contributed by atoms with Crippen LogP contribution in [0.5, 0.6) is 0 Å². The molecular weight excluding hydrogens is 426 g/mol. The molecule has 0 bridgehead atoms. The topological polar surface area (TPSA) is 106 Å². The van der Waals surface area contributed by atoms with Crippen LogP contribution in [0, 0.1) is 5.53 Å². The second kappa shape index (κ2) is 10.6. The average molecular weight is 454 g/mol. The lowest BCUT2D eigenvalue weighted by atomic mass is 10.1. The Morgan fingerprint density at radius 3 is 2.65 bits per heavy atom. The van der Waals surface area contributed by atoms with Crippen LogP contribution in [0.15, 0.2) is 78.0 Å². The lowest BCUT2D eigenvalue weighted by molar-refractivity contribution is 0.0951. The highest BCUT2D eigenvalue weighted by Crippen LogP contribution is 2.28. The van der Waals surface area contributed by atoms with Gasteiger partial charge in [0.15, 0.2) is 5.82 Å². The molecule has 8 nitrogen and oxygen atoms in total. The lowest BCUT2D eigenvalue weighted by Gasteiger charge is -2.12. The van der Waals surface area contributed by atoms with Gasteiger partial charge in [-0.1, -0.05) is 24.3 Å². The number of benzene rings is 2. The Labute approximate surface area is 198 Å². The second-order valence-electron chi connectivity index (χ2n) is 8.20. The average Bonchev–Trinajstić information content (AvgIpc) is 2.87. The fourth-order valence-electron chi connectivity index (χ4n) is 3.54. The Hall–Kier alpha value is -4.17. The number of pyridine rings is 2. The van der Waals surface area contributed by atoms with E-state index in [1.54, 1.807) is 24.4 Å². The van der Waals surface area contributed by atoms with E-state index in [0.717, 1.165) is 34.3 Å². The molecule has 0 saturated heterocycles. The first kappa shape index (κ1) is 23.0. The van der Waals surface area contributed by atoms with Crippen molar-refractivity contribution in [1.29, 1.82) is 5.53 Å². The number of hydrogen-bond acceptors (Lipinski definition) is 7. The number of nitrogens with zero attached hydrogens (tertiary/aromatic N) is 4. The van der Waals surface area contributed by atoms with Crippen LogP contribution in [0.25, 0.3) is 22.2 Å². The summed E-state index contributed by atoms with van der Waals surface area (Å²) in [6, 6.07) is 21.0. The van der Waals surface area contributed by atoms with Gasteiger partial charge in [0.25, 0.3) is 5.91 Å². The smallest absolute Gasteiger partial charge is 0.251 e. The van der Waals surface area contributed by atoms with Crippen LogP contribution in [-0.2, 0) is 6.54 Å². The minimum atomic E-state index is -0.0994. The molecule has 0 radical (unpaired) electrons. The van der Waals surface area contributed by atoms with E-state index in [9.17, 15) is 4.79 Å². The molecule has 2 aromatic carbocycles. The van der Waals surface area contributed by atoms with Gasteiger partial charge in [0.2, 0.25) is 0 Å². The van der Waals surface area contributed by atoms with Crippen molar-refractivity contribution in [3.8, 4) is 11.3 Å². The molecule has 0 atom stereocenters. The minimum absolute atomic E-state index is 0.0994. The summed E-state index contributed by atoms with van der Waals surface area (Å²) in [6.07, 6.45) is 1.78. The molecule has 3 N–H and O–H groups in total. The first-order chi connectivity index (χ1) is 16.5. The maximum absolute atomic E-state index is 12.3. The normalized spacial score (nSPS) is 10.9. The molecule has 172 valence electrons. The van der Waals surface area contributed by atoms with Gasteiger partial charge in [-0.25, -0.2) is 10.5 Å². The quantitative estimate of drug-likeness (QED) is 0.314. The largest absolute Gasteiger partial charge is 0.364 e. The molecule has 34 heavy (non-hydrogen) atoms. The molecular formula is C26H27N7O. The molecule has 0 aliphatic rings. The zero-order chi connectivity index (χ0) is 23.9. The molecule has 0 saturated carbocycles. The van der Waals surface area contributed by atoms with E-state index in [2.05, 4.69) is 26.8 Å². The molecule has 4 rings (SSSR count).